The SMILES string of the molecule is CC(C)Cc1cc(C(=O)N2CC[C@H]3NC(=O)COc4ccccc4CC=CC[C@H]3C2)nc(=O)[nH]1. The number of carbonyl (C=O) groups is 2. The Morgan fingerprint density at radius 3 is 2.88 bits per heavy atom. The smallest absolute Gasteiger partial charge is 0.345 e. The Morgan fingerprint density at radius 2 is 2.06 bits per heavy atom. The van der Waals surface area contributed by atoms with Crippen LogP contribution in [0.1, 0.15) is 48.4 Å². The van der Waals surface area contributed by atoms with Crippen molar-refractivity contribution in [2.45, 2.75) is 45.6 Å². The number of carbonyl (C=O) groups excluding carboxylic acids is 2. The van der Waals surface area contributed by atoms with Gasteiger partial charge < -0.3 is 19.9 Å². The van der Waals surface area contributed by atoms with Crippen molar-refractivity contribution in [3.63, 3.8) is 0 Å². The number of nitrogens with zero attached hydrogens (tertiary/aromatic N) is 2. The highest BCUT2D eigenvalue weighted by Gasteiger charge is 2.33. The van der Waals surface area contributed by atoms with E-state index < -0.39 is 5.69 Å². The fourth-order valence-electron chi connectivity index (χ4n) is 4.66. The second-order valence-corrected chi connectivity index (χ2v) is 9.48. The van der Waals surface area contributed by atoms with Crippen molar-refractivity contribution in [2.75, 3.05) is 19.7 Å². The number of fused-ring (bicyclic) bond motifs is 2. The minimum Gasteiger partial charge on any atom is -0.483 e. The van der Waals surface area contributed by atoms with Gasteiger partial charge in [0.25, 0.3) is 11.8 Å². The van der Waals surface area contributed by atoms with Gasteiger partial charge in [-0.25, -0.2) is 4.79 Å². The van der Waals surface area contributed by atoms with Crippen molar-refractivity contribution in [3.05, 3.63) is 69.9 Å². The van der Waals surface area contributed by atoms with Gasteiger partial charge in [0.05, 0.1) is 0 Å². The van der Waals surface area contributed by atoms with Crippen molar-refractivity contribution >= 4 is 11.8 Å². The van der Waals surface area contributed by atoms with Crippen LogP contribution in [0.15, 0.2) is 47.3 Å². The Morgan fingerprint density at radius 1 is 1.24 bits per heavy atom. The Balaban J connectivity index is 1.50. The molecule has 1 aromatic carbocycles. The number of hydrogen-bond acceptors (Lipinski definition) is 5. The number of para-hydroxylation sites is 1. The molecule has 0 radical (unpaired) electrons. The van der Waals surface area contributed by atoms with E-state index in [1.165, 1.54) is 0 Å². The van der Waals surface area contributed by atoms with E-state index in [9.17, 15) is 14.4 Å². The molecule has 0 aliphatic carbocycles. The van der Waals surface area contributed by atoms with Crippen molar-refractivity contribution in [2.24, 2.45) is 11.8 Å². The highest BCUT2D eigenvalue weighted by Crippen LogP contribution is 2.24. The van der Waals surface area contributed by atoms with Crippen molar-refractivity contribution < 1.29 is 14.3 Å². The van der Waals surface area contributed by atoms with E-state index in [1.807, 2.05) is 24.3 Å². The molecule has 3 heterocycles. The number of nitrogens with one attached hydrogen (secondary N) is 2. The fourth-order valence-corrected chi connectivity index (χ4v) is 4.66. The maximum atomic E-state index is 13.2. The van der Waals surface area contributed by atoms with Crippen LogP contribution in [0.4, 0.5) is 0 Å². The maximum Gasteiger partial charge on any atom is 0.345 e. The van der Waals surface area contributed by atoms with Crippen LogP contribution in [-0.2, 0) is 17.6 Å². The van der Waals surface area contributed by atoms with Crippen LogP contribution in [0.3, 0.4) is 0 Å². The number of likely N-dealkylation sites (tertiary alicyclic amines) is 1. The molecule has 1 saturated heterocycles. The van der Waals surface area contributed by atoms with Crippen LogP contribution in [0.25, 0.3) is 0 Å². The van der Waals surface area contributed by atoms with Crippen LogP contribution in [-0.4, -0.2) is 52.4 Å². The monoisotopic (exact) mass is 464 g/mol. The van der Waals surface area contributed by atoms with Crippen LogP contribution >= 0.6 is 0 Å². The summed E-state index contributed by atoms with van der Waals surface area (Å²) in [7, 11) is 0. The summed E-state index contributed by atoms with van der Waals surface area (Å²) >= 11 is 0. The van der Waals surface area contributed by atoms with Crippen LogP contribution < -0.4 is 15.7 Å². The Bertz CT molecular complexity index is 1120. The number of allylic oxidation sites excluding steroid dienone is 2. The first-order valence-corrected chi connectivity index (χ1v) is 11.9. The van der Waals surface area contributed by atoms with E-state index in [0.717, 1.165) is 23.4 Å². The van der Waals surface area contributed by atoms with Gasteiger partial charge in [-0.15, -0.1) is 0 Å². The van der Waals surface area contributed by atoms with Gasteiger partial charge in [-0.05, 0) is 49.3 Å². The number of benzene rings is 1. The first-order valence-electron chi connectivity index (χ1n) is 11.9. The number of aromatic nitrogens is 2. The highest BCUT2D eigenvalue weighted by molar-refractivity contribution is 5.92. The summed E-state index contributed by atoms with van der Waals surface area (Å²) in [4.78, 5) is 46.3. The third kappa shape index (κ3) is 5.92. The van der Waals surface area contributed by atoms with Crippen molar-refractivity contribution in [3.8, 4) is 5.75 Å². The third-order valence-corrected chi connectivity index (χ3v) is 6.29. The molecular formula is C26H32N4O4. The zero-order valence-corrected chi connectivity index (χ0v) is 19.8. The zero-order valence-electron chi connectivity index (χ0n) is 19.8. The second kappa shape index (κ2) is 10.7. The van der Waals surface area contributed by atoms with E-state index in [0.29, 0.717) is 38.3 Å². The standard InChI is InChI=1S/C26H32N4O4/c1-17(2)13-20-14-22(29-26(33)27-20)25(32)30-12-11-21-19(15-30)9-4-3-7-18-8-5-6-10-23(18)34-16-24(31)28-21/h3-6,8,10,14,17,19,21H,7,9,11-13,15-16H2,1-2H3,(H,28,31)(H,27,29,33)/t19-,21+/m0/s1. The molecule has 1 fully saturated rings. The zero-order chi connectivity index (χ0) is 24.1. The van der Waals surface area contributed by atoms with Gasteiger partial charge in [-0.2, -0.15) is 4.98 Å². The molecule has 8 heteroatoms. The number of rotatable bonds is 3. The molecule has 0 saturated carbocycles. The molecule has 1 aromatic heterocycles. The van der Waals surface area contributed by atoms with Crippen LogP contribution in [0, 0.1) is 11.8 Å². The van der Waals surface area contributed by atoms with E-state index in [4.69, 9.17) is 4.74 Å². The largest absolute Gasteiger partial charge is 0.483 e. The number of ether oxygens (including phenoxy) is 1. The van der Waals surface area contributed by atoms with Gasteiger partial charge in [-0.3, -0.25) is 9.59 Å². The molecule has 2 N–H and O–H groups in total. The van der Waals surface area contributed by atoms with E-state index in [2.05, 4.69) is 41.3 Å². The van der Waals surface area contributed by atoms with E-state index >= 15 is 0 Å². The lowest BCUT2D eigenvalue weighted by Gasteiger charge is -2.38. The quantitative estimate of drug-likeness (QED) is 0.679. The van der Waals surface area contributed by atoms with Gasteiger partial charge in [0, 0.05) is 30.7 Å². The number of H-pyrrole nitrogens is 1. The van der Waals surface area contributed by atoms with Crippen molar-refractivity contribution in [1.29, 1.82) is 0 Å². The lowest BCUT2D eigenvalue weighted by molar-refractivity contribution is -0.124. The van der Waals surface area contributed by atoms with E-state index in [-0.39, 0.29) is 36.1 Å². The summed E-state index contributed by atoms with van der Waals surface area (Å²) in [6, 6.07) is 9.37. The molecule has 2 amide bonds. The summed E-state index contributed by atoms with van der Waals surface area (Å²) in [6.45, 7) is 5.05. The van der Waals surface area contributed by atoms with Gasteiger partial charge in [0.1, 0.15) is 11.4 Å². The summed E-state index contributed by atoms with van der Waals surface area (Å²) in [6.07, 6.45) is 6.98. The third-order valence-electron chi connectivity index (χ3n) is 6.29. The predicted octanol–water partition coefficient (Wildman–Crippen LogP) is 2.50. The van der Waals surface area contributed by atoms with Crippen LogP contribution in [0.2, 0.25) is 0 Å². The maximum absolute atomic E-state index is 13.2. The molecule has 2 atom stereocenters. The first-order chi connectivity index (χ1) is 16.4. The Kier molecular flexibility index (Phi) is 7.45. The summed E-state index contributed by atoms with van der Waals surface area (Å²) in [5.41, 5.74) is 1.42. The highest BCUT2D eigenvalue weighted by atomic mass is 16.5. The van der Waals surface area contributed by atoms with Gasteiger partial charge >= 0.3 is 5.69 Å². The Hall–Kier alpha value is -3.42. The normalized spacial score (nSPS) is 20.9. The van der Waals surface area contributed by atoms with E-state index in [1.54, 1.807) is 11.0 Å². The number of hydrogen-bond donors (Lipinski definition) is 2. The predicted molar refractivity (Wildman–Crippen MR) is 129 cm³/mol. The molecule has 2 aromatic rings. The first kappa shape index (κ1) is 23.7. The van der Waals surface area contributed by atoms with Crippen molar-refractivity contribution in [1.82, 2.24) is 20.2 Å². The molecular weight excluding hydrogens is 432 g/mol. The van der Waals surface area contributed by atoms with Gasteiger partial charge in [0.2, 0.25) is 0 Å². The van der Waals surface area contributed by atoms with Gasteiger partial charge in [0.15, 0.2) is 6.61 Å². The number of piperidine rings is 1. The average Bonchev–Trinajstić information content (AvgIpc) is 2.80. The minimum absolute atomic E-state index is 0.0397. The molecule has 0 unspecified atom stereocenters. The molecule has 2 aliphatic heterocycles. The second-order valence-electron chi connectivity index (χ2n) is 9.48. The summed E-state index contributed by atoms with van der Waals surface area (Å²) < 4.78 is 5.77. The molecule has 0 bridgehead atoms. The number of amides is 2. The lowest BCUT2D eigenvalue weighted by Crippen LogP contribution is -2.53. The molecule has 180 valence electrons. The summed E-state index contributed by atoms with van der Waals surface area (Å²) in [5.74, 6) is 0.725. The Labute approximate surface area is 199 Å². The number of aromatic amines is 1. The topological polar surface area (TPSA) is 104 Å². The average molecular weight is 465 g/mol. The molecule has 34 heavy (non-hydrogen) atoms. The van der Waals surface area contributed by atoms with Gasteiger partial charge in [-0.1, -0.05) is 44.2 Å². The molecule has 4 rings (SSSR count). The fraction of sp³-hybridized carbons (Fsp3) is 0.462. The minimum atomic E-state index is -0.502. The summed E-state index contributed by atoms with van der Waals surface area (Å²) in [5, 5.41) is 3.10. The molecule has 2 aliphatic rings. The van der Waals surface area contributed by atoms with Crippen LogP contribution in [0.5, 0.6) is 5.75 Å². The lowest BCUT2D eigenvalue weighted by atomic mass is 9.88. The molecule has 0 spiro atoms. The molecule has 8 nitrogen and oxygen atoms in total.